The molecule has 1 aromatic rings. The number of hydrogen-bond donors (Lipinski definition) is 2. The lowest BCUT2D eigenvalue weighted by Gasteiger charge is -2.27. The van der Waals surface area contributed by atoms with Gasteiger partial charge in [-0.2, -0.15) is 0 Å². The Morgan fingerprint density at radius 2 is 2.00 bits per heavy atom. The molecule has 3 N–H and O–H groups in total. The van der Waals surface area contributed by atoms with Crippen LogP contribution in [-0.4, -0.2) is 35.1 Å². The maximum atomic E-state index is 12.3. The fraction of sp³-hybridized carbons (Fsp3) is 0.533. The van der Waals surface area contributed by atoms with Crippen molar-refractivity contribution in [3.8, 4) is 0 Å². The van der Waals surface area contributed by atoms with Crippen LogP contribution in [0.2, 0.25) is 0 Å². The van der Waals surface area contributed by atoms with Gasteiger partial charge in [0.1, 0.15) is 0 Å². The van der Waals surface area contributed by atoms with E-state index in [0.717, 1.165) is 12.0 Å². The fourth-order valence-electron chi connectivity index (χ4n) is 1.90. The standard InChI is InChI=1S/C15H24N2O2/c1-3-12(2)14(16)15(19)17(9-10-18)11-13-7-5-4-6-8-13/h4-8,12,14,18H,3,9-11,16H2,1-2H3/t12-,14-/m0/s1. The highest BCUT2D eigenvalue weighted by Crippen LogP contribution is 2.11. The van der Waals surface area contributed by atoms with Crippen molar-refractivity contribution in [1.29, 1.82) is 0 Å². The second-order valence-corrected chi connectivity index (χ2v) is 4.88. The number of carbonyl (C=O) groups is 1. The number of rotatable bonds is 7. The van der Waals surface area contributed by atoms with Crippen LogP contribution in [-0.2, 0) is 11.3 Å². The van der Waals surface area contributed by atoms with E-state index in [1.165, 1.54) is 0 Å². The maximum Gasteiger partial charge on any atom is 0.240 e. The molecule has 0 aliphatic carbocycles. The van der Waals surface area contributed by atoms with Crippen molar-refractivity contribution < 1.29 is 9.90 Å². The van der Waals surface area contributed by atoms with Crippen LogP contribution in [0.25, 0.3) is 0 Å². The minimum absolute atomic E-state index is 0.0498. The van der Waals surface area contributed by atoms with Gasteiger partial charge in [0.25, 0.3) is 0 Å². The molecule has 4 nitrogen and oxygen atoms in total. The summed E-state index contributed by atoms with van der Waals surface area (Å²) in [5, 5.41) is 9.11. The summed E-state index contributed by atoms with van der Waals surface area (Å²) in [5.74, 6) is 0.0525. The van der Waals surface area contributed by atoms with Crippen LogP contribution in [0.1, 0.15) is 25.8 Å². The third kappa shape index (κ3) is 4.65. The van der Waals surface area contributed by atoms with Gasteiger partial charge in [-0.05, 0) is 11.5 Å². The van der Waals surface area contributed by atoms with Crippen LogP contribution in [0.15, 0.2) is 30.3 Å². The van der Waals surface area contributed by atoms with Gasteiger partial charge in [-0.15, -0.1) is 0 Å². The smallest absolute Gasteiger partial charge is 0.240 e. The first-order chi connectivity index (χ1) is 9.10. The van der Waals surface area contributed by atoms with E-state index in [2.05, 4.69) is 0 Å². The van der Waals surface area contributed by atoms with E-state index in [4.69, 9.17) is 10.8 Å². The number of benzene rings is 1. The first-order valence-corrected chi connectivity index (χ1v) is 6.79. The summed E-state index contributed by atoms with van der Waals surface area (Å²) in [4.78, 5) is 14.0. The first-order valence-electron chi connectivity index (χ1n) is 6.79. The molecule has 0 saturated carbocycles. The Bertz CT molecular complexity index is 381. The molecule has 1 aromatic carbocycles. The molecular formula is C15H24N2O2. The summed E-state index contributed by atoms with van der Waals surface area (Å²) >= 11 is 0. The molecule has 1 rings (SSSR count). The van der Waals surface area contributed by atoms with Crippen molar-refractivity contribution in [2.45, 2.75) is 32.9 Å². The van der Waals surface area contributed by atoms with E-state index in [-0.39, 0.29) is 18.4 Å². The van der Waals surface area contributed by atoms with Crippen LogP contribution >= 0.6 is 0 Å². The molecule has 0 aliphatic heterocycles. The molecule has 0 heterocycles. The summed E-state index contributed by atoms with van der Waals surface area (Å²) in [7, 11) is 0. The first kappa shape index (κ1) is 15.7. The molecule has 1 amide bonds. The van der Waals surface area contributed by atoms with Crippen LogP contribution in [0.5, 0.6) is 0 Å². The van der Waals surface area contributed by atoms with Gasteiger partial charge in [0.05, 0.1) is 12.6 Å². The number of aliphatic hydroxyl groups is 1. The Balaban J connectivity index is 2.74. The number of carbonyl (C=O) groups excluding carboxylic acids is 1. The normalized spacial score (nSPS) is 13.9. The van der Waals surface area contributed by atoms with Crippen molar-refractivity contribution in [3.63, 3.8) is 0 Å². The van der Waals surface area contributed by atoms with E-state index in [0.29, 0.717) is 13.1 Å². The SMILES string of the molecule is CC[C@H](C)[C@H](N)C(=O)N(CCO)Cc1ccccc1. The minimum atomic E-state index is -0.500. The minimum Gasteiger partial charge on any atom is -0.395 e. The number of hydrogen-bond acceptors (Lipinski definition) is 3. The Morgan fingerprint density at radius 3 is 2.53 bits per heavy atom. The Kier molecular flexibility index (Phi) is 6.53. The highest BCUT2D eigenvalue weighted by molar-refractivity contribution is 5.82. The largest absolute Gasteiger partial charge is 0.395 e. The summed E-state index contributed by atoms with van der Waals surface area (Å²) in [6, 6.07) is 9.24. The van der Waals surface area contributed by atoms with Crippen LogP contribution in [0.3, 0.4) is 0 Å². The van der Waals surface area contributed by atoms with Crippen molar-refractivity contribution in [1.82, 2.24) is 4.90 Å². The van der Waals surface area contributed by atoms with Crippen LogP contribution in [0.4, 0.5) is 0 Å². The second kappa shape index (κ2) is 7.92. The summed E-state index contributed by atoms with van der Waals surface area (Å²) < 4.78 is 0. The molecule has 0 spiro atoms. The fourth-order valence-corrected chi connectivity index (χ4v) is 1.90. The zero-order chi connectivity index (χ0) is 14.3. The lowest BCUT2D eigenvalue weighted by Crippen LogP contribution is -2.47. The highest BCUT2D eigenvalue weighted by Gasteiger charge is 2.24. The molecule has 2 atom stereocenters. The summed E-state index contributed by atoms with van der Waals surface area (Å²) in [6.45, 7) is 4.75. The highest BCUT2D eigenvalue weighted by atomic mass is 16.3. The Hall–Kier alpha value is -1.39. The predicted molar refractivity (Wildman–Crippen MR) is 76.4 cm³/mol. The molecule has 0 saturated heterocycles. The molecule has 19 heavy (non-hydrogen) atoms. The van der Waals surface area contributed by atoms with E-state index in [1.807, 2.05) is 44.2 Å². The molecule has 0 bridgehead atoms. The zero-order valence-electron chi connectivity index (χ0n) is 11.7. The zero-order valence-corrected chi connectivity index (χ0v) is 11.7. The van der Waals surface area contributed by atoms with Crippen LogP contribution < -0.4 is 5.73 Å². The molecule has 106 valence electrons. The van der Waals surface area contributed by atoms with Gasteiger partial charge in [0.2, 0.25) is 5.91 Å². The molecule has 0 radical (unpaired) electrons. The van der Waals surface area contributed by atoms with Gasteiger partial charge < -0.3 is 15.7 Å². The Morgan fingerprint density at radius 1 is 1.37 bits per heavy atom. The second-order valence-electron chi connectivity index (χ2n) is 4.88. The van der Waals surface area contributed by atoms with E-state index < -0.39 is 6.04 Å². The summed E-state index contributed by atoms with van der Waals surface area (Å²) in [5.41, 5.74) is 7.03. The van der Waals surface area contributed by atoms with Gasteiger partial charge in [0, 0.05) is 13.1 Å². The monoisotopic (exact) mass is 264 g/mol. The van der Waals surface area contributed by atoms with E-state index in [9.17, 15) is 4.79 Å². The van der Waals surface area contributed by atoms with E-state index in [1.54, 1.807) is 4.90 Å². The predicted octanol–water partition coefficient (Wildman–Crippen LogP) is 1.38. The number of amides is 1. The van der Waals surface area contributed by atoms with Crippen molar-refractivity contribution >= 4 is 5.91 Å². The van der Waals surface area contributed by atoms with Gasteiger partial charge >= 0.3 is 0 Å². The number of nitrogens with zero attached hydrogens (tertiary/aromatic N) is 1. The van der Waals surface area contributed by atoms with Gasteiger partial charge in [-0.25, -0.2) is 0 Å². The maximum absolute atomic E-state index is 12.3. The average Bonchev–Trinajstić information content (AvgIpc) is 2.45. The quantitative estimate of drug-likeness (QED) is 0.782. The number of aliphatic hydroxyl groups excluding tert-OH is 1. The van der Waals surface area contributed by atoms with Gasteiger partial charge in [-0.1, -0.05) is 50.6 Å². The molecular weight excluding hydrogens is 240 g/mol. The van der Waals surface area contributed by atoms with Crippen molar-refractivity contribution in [2.24, 2.45) is 11.7 Å². The molecule has 0 aliphatic rings. The molecule has 0 fully saturated rings. The van der Waals surface area contributed by atoms with Crippen LogP contribution in [0, 0.1) is 5.92 Å². The van der Waals surface area contributed by atoms with Gasteiger partial charge in [-0.3, -0.25) is 4.79 Å². The number of nitrogens with two attached hydrogens (primary N) is 1. The third-order valence-corrected chi connectivity index (χ3v) is 3.44. The molecule has 0 unspecified atom stereocenters. The van der Waals surface area contributed by atoms with Crippen molar-refractivity contribution in [2.75, 3.05) is 13.2 Å². The Labute approximate surface area is 115 Å². The lowest BCUT2D eigenvalue weighted by molar-refractivity contribution is -0.134. The van der Waals surface area contributed by atoms with Gasteiger partial charge in [0.15, 0.2) is 0 Å². The van der Waals surface area contributed by atoms with Crippen molar-refractivity contribution in [3.05, 3.63) is 35.9 Å². The van der Waals surface area contributed by atoms with E-state index >= 15 is 0 Å². The topological polar surface area (TPSA) is 66.6 Å². The molecule has 4 heteroatoms. The lowest BCUT2D eigenvalue weighted by atomic mass is 9.98. The summed E-state index contributed by atoms with van der Waals surface area (Å²) in [6.07, 6.45) is 0.866. The third-order valence-electron chi connectivity index (χ3n) is 3.44. The molecule has 0 aromatic heterocycles. The average molecular weight is 264 g/mol.